The molecule has 2 atom stereocenters. The molecule has 130 valence electrons. The molecule has 0 spiro atoms. The summed E-state index contributed by atoms with van der Waals surface area (Å²) >= 11 is 17.9. The zero-order chi connectivity index (χ0) is 18.0. The van der Waals surface area contributed by atoms with Crippen molar-refractivity contribution in [2.75, 3.05) is 0 Å². The molecule has 0 aliphatic heterocycles. The number of fused-ring (bicyclic) bond motifs is 1. The van der Waals surface area contributed by atoms with Gasteiger partial charge in [-0.3, -0.25) is 4.79 Å². The number of hydrogen-bond donors (Lipinski definition) is 1. The van der Waals surface area contributed by atoms with E-state index in [4.69, 9.17) is 39.5 Å². The number of amides is 1. The number of hydrogen-bond acceptors (Lipinski definition) is 4. The summed E-state index contributed by atoms with van der Waals surface area (Å²) in [6.07, 6.45) is 3.75. The van der Waals surface area contributed by atoms with E-state index in [0.717, 1.165) is 5.56 Å². The number of nitrogens with zero attached hydrogens (tertiary/aromatic N) is 2. The molecule has 8 heteroatoms. The van der Waals surface area contributed by atoms with Gasteiger partial charge in [-0.15, -0.1) is 0 Å². The SMILES string of the molecule is C=CC(=O)N[C@H]1CC[C@@H](Oc2cnc(Cl)c(Cl)c2)c2nc(Cl)ccc21. The molecule has 1 amide bonds. The summed E-state index contributed by atoms with van der Waals surface area (Å²) in [6.45, 7) is 3.48. The van der Waals surface area contributed by atoms with Gasteiger partial charge in [0.05, 0.1) is 23.0 Å². The van der Waals surface area contributed by atoms with Crippen LogP contribution in [0.15, 0.2) is 37.1 Å². The summed E-state index contributed by atoms with van der Waals surface area (Å²) in [5.74, 6) is 0.250. The van der Waals surface area contributed by atoms with E-state index < -0.39 is 0 Å². The molecule has 0 unspecified atom stereocenters. The Hall–Kier alpha value is -1.82. The summed E-state index contributed by atoms with van der Waals surface area (Å²) in [5.41, 5.74) is 1.54. The third kappa shape index (κ3) is 4.06. The van der Waals surface area contributed by atoms with E-state index in [-0.39, 0.29) is 23.2 Å². The fourth-order valence-corrected chi connectivity index (χ4v) is 3.17. The Morgan fingerprint density at radius 1 is 1.32 bits per heavy atom. The number of carbonyl (C=O) groups excluding carboxylic acids is 1. The average Bonchev–Trinajstić information content (AvgIpc) is 2.60. The molecule has 2 aromatic heterocycles. The van der Waals surface area contributed by atoms with Gasteiger partial charge in [-0.1, -0.05) is 47.4 Å². The first kappa shape index (κ1) is 18.0. The zero-order valence-corrected chi connectivity index (χ0v) is 15.3. The highest BCUT2D eigenvalue weighted by Crippen LogP contribution is 2.39. The fourth-order valence-electron chi connectivity index (χ4n) is 2.75. The van der Waals surface area contributed by atoms with E-state index in [9.17, 15) is 4.79 Å². The van der Waals surface area contributed by atoms with Crippen molar-refractivity contribution in [3.63, 3.8) is 0 Å². The van der Waals surface area contributed by atoms with Gasteiger partial charge in [0.25, 0.3) is 0 Å². The molecule has 1 N–H and O–H groups in total. The van der Waals surface area contributed by atoms with Gasteiger partial charge in [-0.05, 0) is 30.5 Å². The normalized spacial score (nSPS) is 19.0. The number of aromatic nitrogens is 2. The molecule has 1 aliphatic carbocycles. The van der Waals surface area contributed by atoms with Crippen molar-refractivity contribution in [2.24, 2.45) is 0 Å². The minimum absolute atomic E-state index is 0.169. The number of ether oxygens (including phenoxy) is 1. The molecule has 2 heterocycles. The second kappa shape index (κ2) is 7.60. The molecule has 3 rings (SSSR count). The van der Waals surface area contributed by atoms with E-state index in [1.54, 1.807) is 12.1 Å². The molecule has 0 fully saturated rings. The minimum Gasteiger partial charge on any atom is -0.482 e. The lowest BCUT2D eigenvalue weighted by molar-refractivity contribution is -0.117. The molecule has 2 aromatic rings. The first-order chi connectivity index (χ1) is 12.0. The van der Waals surface area contributed by atoms with Gasteiger partial charge < -0.3 is 10.1 Å². The third-order valence-corrected chi connectivity index (χ3v) is 4.77. The number of rotatable bonds is 4. The highest BCUT2D eigenvalue weighted by atomic mass is 35.5. The van der Waals surface area contributed by atoms with Crippen LogP contribution in [0.25, 0.3) is 0 Å². The van der Waals surface area contributed by atoms with Gasteiger partial charge in [0.15, 0.2) is 0 Å². The maximum absolute atomic E-state index is 11.7. The third-order valence-electron chi connectivity index (χ3n) is 3.87. The van der Waals surface area contributed by atoms with Gasteiger partial charge in [0.2, 0.25) is 5.91 Å². The van der Waals surface area contributed by atoms with Crippen LogP contribution in [0, 0.1) is 0 Å². The van der Waals surface area contributed by atoms with Crippen molar-refractivity contribution in [2.45, 2.75) is 25.0 Å². The first-order valence-electron chi connectivity index (χ1n) is 7.55. The van der Waals surface area contributed by atoms with E-state index in [0.29, 0.717) is 34.5 Å². The number of halogens is 3. The first-order valence-corrected chi connectivity index (χ1v) is 8.68. The van der Waals surface area contributed by atoms with Gasteiger partial charge in [-0.2, -0.15) is 0 Å². The molecule has 1 aliphatic rings. The molecular weight excluding hydrogens is 385 g/mol. The second-order valence-electron chi connectivity index (χ2n) is 5.50. The standard InChI is InChI=1S/C17H14Cl3N3O2/c1-2-15(24)22-12-4-5-13(16-10(12)3-6-14(19)23-16)25-9-7-11(18)17(20)21-8-9/h2-3,6-8,12-13H,1,4-5H2,(H,22,24)/t12-,13+/m0/s1. The van der Waals surface area contributed by atoms with E-state index in [1.165, 1.54) is 12.3 Å². The quantitative estimate of drug-likeness (QED) is 0.599. The Morgan fingerprint density at radius 2 is 2.12 bits per heavy atom. The summed E-state index contributed by atoms with van der Waals surface area (Å²) in [5, 5.41) is 3.78. The predicted molar refractivity (Wildman–Crippen MR) is 97.2 cm³/mol. The molecule has 0 aromatic carbocycles. The van der Waals surface area contributed by atoms with Crippen LogP contribution >= 0.6 is 34.8 Å². The molecule has 0 saturated carbocycles. The molecular formula is C17H14Cl3N3O2. The van der Waals surface area contributed by atoms with Crippen molar-refractivity contribution in [1.29, 1.82) is 0 Å². The van der Waals surface area contributed by atoms with Crippen molar-refractivity contribution in [3.8, 4) is 5.75 Å². The monoisotopic (exact) mass is 397 g/mol. The number of nitrogens with one attached hydrogen (secondary N) is 1. The summed E-state index contributed by atoms with van der Waals surface area (Å²) in [7, 11) is 0. The van der Waals surface area contributed by atoms with E-state index in [1.807, 2.05) is 6.07 Å². The van der Waals surface area contributed by atoms with Crippen molar-refractivity contribution in [3.05, 3.63) is 63.6 Å². The Morgan fingerprint density at radius 3 is 2.84 bits per heavy atom. The highest BCUT2D eigenvalue weighted by molar-refractivity contribution is 6.41. The Bertz CT molecular complexity index is 829. The van der Waals surface area contributed by atoms with Gasteiger partial charge in [-0.25, -0.2) is 9.97 Å². The smallest absolute Gasteiger partial charge is 0.243 e. The Labute approximate surface area is 160 Å². The average molecular weight is 399 g/mol. The molecule has 5 nitrogen and oxygen atoms in total. The zero-order valence-electron chi connectivity index (χ0n) is 13.0. The molecule has 0 bridgehead atoms. The Balaban J connectivity index is 1.89. The maximum Gasteiger partial charge on any atom is 0.243 e. The fraction of sp³-hybridized carbons (Fsp3) is 0.235. The topological polar surface area (TPSA) is 64.1 Å². The van der Waals surface area contributed by atoms with E-state index >= 15 is 0 Å². The largest absolute Gasteiger partial charge is 0.482 e. The van der Waals surface area contributed by atoms with Crippen LogP contribution in [0.5, 0.6) is 5.75 Å². The van der Waals surface area contributed by atoms with Gasteiger partial charge in [0.1, 0.15) is 22.2 Å². The lowest BCUT2D eigenvalue weighted by atomic mass is 9.89. The van der Waals surface area contributed by atoms with Crippen LogP contribution < -0.4 is 10.1 Å². The summed E-state index contributed by atoms with van der Waals surface area (Å²) < 4.78 is 5.99. The maximum atomic E-state index is 11.7. The summed E-state index contributed by atoms with van der Waals surface area (Å²) in [4.78, 5) is 20.0. The van der Waals surface area contributed by atoms with Crippen LogP contribution in [0.3, 0.4) is 0 Å². The van der Waals surface area contributed by atoms with Crippen molar-refractivity contribution >= 4 is 40.7 Å². The summed E-state index contributed by atoms with van der Waals surface area (Å²) in [6, 6.07) is 4.97. The van der Waals surface area contributed by atoms with Crippen LogP contribution in [0.2, 0.25) is 15.3 Å². The lowest BCUT2D eigenvalue weighted by Gasteiger charge is -2.31. The Kier molecular flexibility index (Phi) is 5.47. The highest BCUT2D eigenvalue weighted by Gasteiger charge is 2.31. The second-order valence-corrected chi connectivity index (χ2v) is 6.65. The van der Waals surface area contributed by atoms with Gasteiger partial charge >= 0.3 is 0 Å². The van der Waals surface area contributed by atoms with Crippen molar-refractivity contribution in [1.82, 2.24) is 15.3 Å². The van der Waals surface area contributed by atoms with Crippen LogP contribution in [-0.2, 0) is 4.79 Å². The van der Waals surface area contributed by atoms with Gasteiger partial charge in [0, 0.05) is 6.07 Å². The van der Waals surface area contributed by atoms with Crippen molar-refractivity contribution < 1.29 is 9.53 Å². The van der Waals surface area contributed by atoms with Crippen LogP contribution in [0.4, 0.5) is 0 Å². The number of pyridine rings is 2. The predicted octanol–water partition coefficient (Wildman–Crippen LogP) is 4.69. The minimum atomic E-state index is -0.329. The molecule has 0 radical (unpaired) electrons. The van der Waals surface area contributed by atoms with Crippen LogP contribution in [-0.4, -0.2) is 15.9 Å². The van der Waals surface area contributed by atoms with E-state index in [2.05, 4.69) is 21.9 Å². The number of carbonyl (C=O) groups is 1. The molecule has 0 saturated heterocycles. The van der Waals surface area contributed by atoms with Crippen LogP contribution in [0.1, 0.15) is 36.2 Å². The lowest BCUT2D eigenvalue weighted by Crippen LogP contribution is -2.32. The molecule has 25 heavy (non-hydrogen) atoms.